The Hall–Kier alpha value is -0.440. The molecule has 0 fully saturated rings. The summed E-state index contributed by atoms with van der Waals surface area (Å²) in [6.07, 6.45) is -0.700. The van der Waals surface area contributed by atoms with E-state index in [1.807, 2.05) is 0 Å². The minimum Gasteiger partial charge on any atom is -0.482 e. The maximum absolute atomic E-state index is 10.7. The highest BCUT2D eigenvalue weighted by molar-refractivity contribution is 6.64. The number of hydrogen-bond acceptors (Lipinski definition) is 2. The van der Waals surface area contributed by atoms with Gasteiger partial charge < -0.3 is 4.74 Å². The van der Waals surface area contributed by atoms with Gasteiger partial charge in [-0.25, -0.2) is 0 Å². The van der Waals surface area contributed by atoms with Crippen LogP contribution in [0.25, 0.3) is 0 Å². The zero-order chi connectivity index (χ0) is 10.7. The summed E-state index contributed by atoms with van der Waals surface area (Å²) in [4.78, 5) is 10.7. The van der Waals surface area contributed by atoms with E-state index in [0.29, 0.717) is 15.8 Å². The zero-order valence-electron chi connectivity index (χ0n) is 7.26. The van der Waals surface area contributed by atoms with Crippen LogP contribution in [-0.2, 0) is 4.79 Å². The van der Waals surface area contributed by atoms with Crippen LogP contribution in [0.5, 0.6) is 5.75 Å². The Labute approximate surface area is 96.7 Å². The molecule has 0 amide bonds. The van der Waals surface area contributed by atoms with Crippen LogP contribution in [0, 0.1) is 0 Å². The lowest BCUT2D eigenvalue weighted by Crippen LogP contribution is -2.18. The summed E-state index contributed by atoms with van der Waals surface area (Å²) >= 11 is 16.7. The molecule has 1 unspecified atom stereocenters. The Balaban J connectivity index is 2.78. The molecule has 0 aliphatic rings. The van der Waals surface area contributed by atoms with E-state index in [4.69, 9.17) is 39.5 Å². The number of rotatable bonds is 3. The number of hydrogen-bond donors (Lipinski definition) is 0. The van der Waals surface area contributed by atoms with E-state index in [0.717, 1.165) is 0 Å². The third-order valence-corrected chi connectivity index (χ3v) is 2.57. The van der Waals surface area contributed by atoms with E-state index < -0.39 is 11.3 Å². The van der Waals surface area contributed by atoms with Gasteiger partial charge in [0.2, 0.25) is 0 Å². The summed E-state index contributed by atoms with van der Waals surface area (Å²) in [5.74, 6) is 0.459. The molecule has 0 saturated carbocycles. The van der Waals surface area contributed by atoms with Gasteiger partial charge in [0.15, 0.2) is 6.10 Å². The molecule has 14 heavy (non-hydrogen) atoms. The molecular weight excluding hydrogens is 246 g/mol. The second kappa shape index (κ2) is 4.87. The SMILES string of the molecule is CC(Oc1ccc(Cl)c(Cl)c1)C(=O)Cl. The number of ether oxygens (including phenoxy) is 1. The van der Waals surface area contributed by atoms with Crippen LogP contribution in [0.3, 0.4) is 0 Å². The molecule has 0 N–H and O–H groups in total. The smallest absolute Gasteiger partial charge is 0.262 e. The normalized spacial score (nSPS) is 12.3. The van der Waals surface area contributed by atoms with Crippen LogP contribution < -0.4 is 4.74 Å². The molecule has 0 heterocycles. The van der Waals surface area contributed by atoms with Crippen LogP contribution in [0.2, 0.25) is 10.0 Å². The molecule has 0 aromatic heterocycles. The van der Waals surface area contributed by atoms with Crippen molar-refractivity contribution < 1.29 is 9.53 Å². The predicted octanol–water partition coefficient (Wildman–Crippen LogP) is 3.53. The van der Waals surface area contributed by atoms with E-state index >= 15 is 0 Å². The molecule has 0 radical (unpaired) electrons. The summed E-state index contributed by atoms with van der Waals surface area (Å²) in [6, 6.07) is 4.73. The maximum Gasteiger partial charge on any atom is 0.262 e. The Morgan fingerprint density at radius 3 is 2.50 bits per heavy atom. The molecule has 1 aromatic rings. The molecule has 1 aromatic carbocycles. The fourth-order valence-electron chi connectivity index (χ4n) is 0.801. The second-order valence-electron chi connectivity index (χ2n) is 2.64. The third kappa shape index (κ3) is 3.05. The van der Waals surface area contributed by atoms with Crippen molar-refractivity contribution in [1.29, 1.82) is 0 Å². The number of carbonyl (C=O) groups excluding carboxylic acids is 1. The van der Waals surface area contributed by atoms with Gasteiger partial charge in [-0.05, 0) is 30.7 Å². The van der Waals surface area contributed by atoms with Gasteiger partial charge in [0.25, 0.3) is 5.24 Å². The summed E-state index contributed by atoms with van der Waals surface area (Å²) in [5, 5.41) is 0.248. The monoisotopic (exact) mass is 252 g/mol. The summed E-state index contributed by atoms with van der Waals surface area (Å²) in [5.41, 5.74) is 0. The van der Waals surface area contributed by atoms with E-state index in [2.05, 4.69) is 0 Å². The molecule has 0 aliphatic heterocycles. The lowest BCUT2D eigenvalue weighted by atomic mass is 10.3. The molecule has 2 nitrogen and oxygen atoms in total. The lowest BCUT2D eigenvalue weighted by Gasteiger charge is -2.10. The van der Waals surface area contributed by atoms with Gasteiger partial charge in [-0.3, -0.25) is 4.79 Å². The average Bonchev–Trinajstić information content (AvgIpc) is 2.11. The Morgan fingerprint density at radius 2 is 2.00 bits per heavy atom. The second-order valence-corrected chi connectivity index (χ2v) is 3.83. The highest BCUT2D eigenvalue weighted by Crippen LogP contribution is 2.26. The van der Waals surface area contributed by atoms with Crippen molar-refractivity contribution in [3.8, 4) is 5.75 Å². The molecule has 1 atom stereocenters. The minimum absolute atomic E-state index is 0.374. The van der Waals surface area contributed by atoms with E-state index in [1.165, 1.54) is 6.07 Å². The third-order valence-electron chi connectivity index (χ3n) is 1.52. The largest absolute Gasteiger partial charge is 0.482 e. The van der Waals surface area contributed by atoms with Gasteiger partial charge in [0, 0.05) is 6.07 Å². The Morgan fingerprint density at radius 1 is 1.36 bits per heavy atom. The van der Waals surface area contributed by atoms with Gasteiger partial charge in [0.1, 0.15) is 5.75 Å². The topological polar surface area (TPSA) is 26.3 Å². The molecular formula is C9H7Cl3O2. The van der Waals surface area contributed by atoms with E-state index in [9.17, 15) is 4.79 Å². The molecule has 0 saturated heterocycles. The van der Waals surface area contributed by atoms with Gasteiger partial charge in [0.05, 0.1) is 10.0 Å². The number of benzene rings is 1. The Kier molecular flexibility index (Phi) is 4.05. The first kappa shape index (κ1) is 11.6. The number of halogens is 3. The van der Waals surface area contributed by atoms with Crippen molar-refractivity contribution in [3.05, 3.63) is 28.2 Å². The van der Waals surface area contributed by atoms with Gasteiger partial charge in [-0.2, -0.15) is 0 Å². The Bertz CT molecular complexity index is 352. The number of carbonyl (C=O) groups is 1. The first-order chi connectivity index (χ1) is 6.50. The van der Waals surface area contributed by atoms with Crippen molar-refractivity contribution in [2.24, 2.45) is 0 Å². The maximum atomic E-state index is 10.7. The van der Waals surface area contributed by atoms with Crippen LogP contribution in [0.15, 0.2) is 18.2 Å². The molecule has 1 rings (SSSR count). The summed E-state index contributed by atoms with van der Waals surface area (Å²) in [7, 11) is 0. The van der Waals surface area contributed by atoms with Gasteiger partial charge >= 0.3 is 0 Å². The van der Waals surface area contributed by atoms with Gasteiger partial charge in [-0.1, -0.05) is 23.2 Å². The first-order valence-corrected chi connectivity index (χ1v) is 4.95. The molecule has 76 valence electrons. The van der Waals surface area contributed by atoms with Crippen molar-refractivity contribution in [1.82, 2.24) is 0 Å². The van der Waals surface area contributed by atoms with Crippen molar-refractivity contribution >= 4 is 40.0 Å². The standard InChI is InChI=1S/C9H7Cl3O2/c1-5(9(12)13)14-6-2-3-7(10)8(11)4-6/h2-5H,1H3. The molecule has 5 heteroatoms. The molecule has 0 spiro atoms. The van der Waals surface area contributed by atoms with Crippen molar-refractivity contribution in [2.45, 2.75) is 13.0 Å². The van der Waals surface area contributed by atoms with Crippen LogP contribution >= 0.6 is 34.8 Å². The highest BCUT2D eigenvalue weighted by Gasteiger charge is 2.11. The zero-order valence-corrected chi connectivity index (χ0v) is 9.53. The predicted molar refractivity (Wildman–Crippen MR) is 57.4 cm³/mol. The highest BCUT2D eigenvalue weighted by atomic mass is 35.5. The van der Waals surface area contributed by atoms with Crippen molar-refractivity contribution in [2.75, 3.05) is 0 Å². The fourth-order valence-corrected chi connectivity index (χ4v) is 1.13. The van der Waals surface area contributed by atoms with Crippen molar-refractivity contribution in [3.63, 3.8) is 0 Å². The van der Waals surface area contributed by atoms with E-state index in [1.54, 1.807) is 19.1 Å². The van der Waals surface area contributed by atoms with E-state index in [-0.39, 0.29) is 0 Å². The lowest BCUT2D eigenvalue weighted by molar-refractivity contribution is -0.117. The molecule has 0 aliphatic carbocycles. The minimum atomic E-state index is -0.700. The first-order valence-electron chi connectivity index (χ1n) is 3.81. The summed E-state index contributed by atoms with van der Waals surface area (Å²) in [6.45, 7) is 1.55. The summed E-state index contributed by atoms with van der Waals surface area (Å²) < 4.78 is 5.19. The van der Waals surface area contributed by atoms with Crippen LogP contribution in [-0.4, -0.2) is 11.3 Å². The quantitative estimate of drug-likeness (QED) is 0.770. The van der Waals surface area contributed by atoms with Crippen LogP contribution in [0.1, 0.15) is 6.92 Å². The molecule has 0 bridgehead atoms. The van der Waals surface area contributed by atoms with Gasteiger partial charge in [-0.15, -0.1) is 0 Å². The fraction of sp³-hybridized carbons (Fsp3) is 0.222. The van der Waals surface area contributed by atoms with Crippen LogP contribution in [0.4, 0.5) is 0 Å². The average molecular weight is 254 g/mol.